The molecule has 0 amide bonds. The zero-order valence-corrected chi connectivity index (χ0v) is 8.04. The number of benzene rings is 1. The molecular formula is C6H4Cl2NO2S-. The number of anilines is 1. The van der Waals surface area contributed by atoms with Crippen LogP contribution < -0.4 is 4.72 Å². The smallest absolute Gasteiger partial charge is 0.0661 e. The van der Waals surface area contributed by atoms with Crippen molar-refractivity contribution in [2.24, 2.45) is 0 Å². The van der Waals surface area contributed by atoms with Crippen molar-refractivity contribution in [1.82, 2.24) is 0 Å². The van der Waals surface area contributed by atoms with Gasteiger partial charge in [0.25, 0.3) is 0 Å². The van der Waals surface area contributed by atoms with E-state index < -0.39 is 11.3 Å². The summed E-state index contributed by atoms with van der Waals surface area (Å²) in [6.45, 7) is 0. The third kappa shape index (κ3) is 2.64. The van der Waals surface area contributed by atoms with Crippen LogP contribution in [0.3, 0.4) is 0 Å². The van der Waals surface area contributed by atoms with Gasteiger partial charge in [-0.1, -0.05) is 23.2 Å². The average molecular weight is 225 g/mol. The molecule has 0 saturated carbocycles. The molecule has 0 aliphatic rings. The fourth-order valence-electron chi connectivity index (χ4n) is 0.662. The van der Waals surface area contributed by atoms with Crippen molar-refractivity contribution in [3.8, 4) is 0 Å². The third-order valence-electron chi connectivity index (χ3n) is 1.12. The van der Waals surface area contributed by atoms with E-state index in [1.165, 1.54) is 12.1 Å². The van der Waals surface area contributed by atoms with E-state index in [1.54, 1.807) is 6.07 Å². The van der Waals surface area contributed by atoms with Crippen LogP contribution >= 0.6 is 23.2 Å². The highest BCUT2D eigenvalue weighted by molar-refractivity contribution is 7.80. The van der Waals surface area contributed by atoms with E-state index in [1.807, 2.05) is 0 Å². The second kappa shape index (κ2) is 4.09. The molecule has 1 unspecified atom stereocenters. The first-order valence-corrected chi connectivity index (χ1v) is 4.73. The van der Waals surface area contributed by atoms with Crippen molar-refractivity contribution in [3.05, 3.63) is 28.2 Å². The van der Waals surface area contributed by atoms with Crippen molar-refractivity contribution in [2.45, 2.75) is 0 Å². The van der Waals surface area contributed by atoms with Crippen molar-refractivity contribution in [1.29, 1.82) is 0 Å². The molecule has 3 nitrogen and oxygen atoms in total. The predicted molar refractivity (Wildman–Crippen MR) is 49.0 cm³/mol. The molecule has 1 rings (SSSR count). The van der Waals surface area contributed by atoms with E-state index in [-0.39, 0.29) is 5.02 Å². The average Bonchev–Trinajstić information content (AvgIpc) is 1.94. The maximum absolute atomic E-state index is 10.2. The molecule has 0 aliphatic heterocycles. The second-order valence-corrected chi connectivity index (χ2v) is 3.48. The Bertz CT molecular complexity index is 318. The van der Waals surface area contributed by atoms with Crippen LogP contribution in [-0.4, -0.2) is 8.76 Å². The van der Waals surface area contributed by atoms with E-state index in [0.29, 0.717) is 10.7 Å². The lowest BCUT2D eigenvalue weighted by Gasteiger charge is -2.09. The van der Waals surface area contributed by atoms with Crippen molar-refractivity contribution in [2.75, 3.05) is 4.72 Å². The number of hydrogen-bond donors (Lipinski definition) is 1. The molecular weight excluding hydrogens is 221 g/mol. The van der Waals surface area contributed by atoms with Crippen LogP contribution in [0.25, 0.3) is 0 Å². The summed E-state index contributed by atoms with van der Waals surface area (Å²) in [5, 5.41) is 0.730. The Morgan fingerprint density at radius 3 is 2.58 bits per heavy atom. The van der Waals surface area contributed by atoms with Crippen molar-refractivity contribution >= 4 is 40.2 Å². The summed E-state index contributed by atoms with van der Waals surface area (Å²) < 4.78 is 22.5. The molecule has 0 saturated heterocycles. The quantitative estimate of drug-likeness (QED) is 0.784. The Kier molecular flexibility index (Phi) is 3.34. The maximum Gasteiger partial charge on any atom is 0.0661 e. The highest BCUT2D eigenvalue weighted by Crippen LogP contribution is 2.25. The van der Waals surface area contributed by atoms with Crippen LogP contribution in [0.4, 0.5) is 5.69 Å². The van der Waals surface area contributed by atoms with Gasteiger partial charge >= 0.3 is 0 Å². The SMILES string of the molecule is O=S([O-])Nc1ccc(Cl)cc1Cl. The van der Waals surface area contributed by atoms with Crippen LogP contribution in [-0.2, 0) is 11.3 Å². The molecule has 0 aromatic heterocycles. The normalized spacial score (nSPS) is 12.6. The van der Waals surface area contributed by atoms with E-state index in [2.05, 4.69) is 4.72 Å². The van der Waals surface area contributed by atoms with Crippen molar-refractivity contribution < 1.29 is 8.76 Å². The summed E-state index contributed by atoms with van der Waals surface area (Å²) in [4.78, 5) is 0. The Balaban J connectivity index is 2.93. The molecule has 66 valence electrons. The molecule has 0 spiro atoms. The zero-order valence-electron chi connectivity index (χ0n) is 5.71. The van der Waals surface area contributed by atoms with Gasteiger partial charge in [0, 0.05) is 16.3 Å². The first-order chi connectivity index (χ1) is 5.59. The van der Waals surface area contributed by atoms with E-state index in [4.69, 9.17) is 23.2 Å². The minimum atomic E-state index is -2.36. The zero-order chi connectivity index (χ0) is 9.14. The molecule has 1 aromatic rings. The fourth-order valence-corrected chi connectivity index (χ4v) is 1.53. The van der Waals surface area contributed by atoms with Gasteiger partial charge in [-0.25, -0.2) is 0 Å². The summed E-state index contributed by atoms with van der Waals surface area (Å²) in [6.07, 6.45) is 0. The highest BCUT2D eigenvalue weighted by atomic mass is 35.5. The van der Waals surface area contributed by atoms with Crippen LogP contribution in [0.15, 0.2) is 18.2 Å². The van der Waals surface area contributed by atoms with Crippen LogP contribution in [0.2, 0.25) is 10.0 Å². The van der Waals surface area contributed by atoms with E-state index in [0.717, 1.165) is 0 Å². The van der Waals surface area contributed by atoms with Crippen LogP contribution in [0.1, 0.15) is 0 Å². The Morgan fingerprint density at radius 1 is 1.42 bits per heavy atom. The van der Waals surface area contributed by atoms with E-state index >= 15 is 0 Å². The Hall–Kier alpha value is -0.290. The van der Waals surface area contributed by atoms with Gasteiger partial charge in [0.2, 0.25) is 0 Å². The van der Waals surface area contributed by atoms with Gasteiger partial charge in [0.15, 0.2) is 0 Å². The number of nitrogens with one attached hydrogen (secondary N) is 1. The highest BCUT2D eigenvalue weighted by Gasteiger charge is 1.99. The fraction of sp³-hybridized carbons (Fsp3) is 0. The lowest BCUT2D eigenvalue weighted by atomic mass is 10.3. The third-order valence-corrected chi connectivity index (χ3v) is 2.06. The Labute approximate surface area is 82.1 Å². The van der Waals surface area contributed by atoms with E-state index in [9.17, 15) is 8.76 Å². The first kappa shape index (κ1) is 9.80. The van der Waals surface area contributed by atoms with Crippen LogP contribution in [0.5, 0.6) is 0 Å². The van der Waals surface area contributed by atoms with Crippen LogP contribution in [0, 0.1) is 0 Å². The molecule has 0 aliphatic carbocycles. The summed E-state index contributed by atoms with van der Waals surface area (Å²) in [5.41, 5.74) is 0.314. The molecule has 0 heterocycles. The monoisotopic (exact) mass is 224 g/mol. The van der Waals surface area contributed by atoms with Crippen molar-refractivity contribution in [3.63, 3.8) is 0 Å². The number of rotatable bonds is 2. The minimum absolute atomic E-state index is 0.270. The first-order valence-electron chi connectivity index (χ1n) is 2.90. The van der Waals surface area contributed by atoms with Gasteiger partial charge in [-0.2, -0.15) is 0 Å². The molecule has 0 bridgehead atoms. The molecule has 6 heteroatoms. The summed E-state index contributed by atoms with van der Waals surface area (Å²) in [6, 6.07) is 4.49. The number of halogens is 2. The number of hydrogen-bond acceptors (Lipinski definition) is 2. The van der Waals surface area contributed by atoms with Gasteiger partial charge in [-0.15, -0.1) is 0 Å². The van der Waals surface area contributed by atoms with Gasteiger partial charge < -0.3 is 9.27 Å². The largest absolute Gasteiger partial charge is 0.755 e. The summed E-state index contributed by atoms with van der Waals surface area (Å²) in [5.74, 6) is 0. The lowest BCUT2D eigenvalue weighted by Crippen LogP contribution is -2.02. The minimum Gasteiger partial charge on any atom is -0.755 e. The van der Waals surface area contributed by atoms with Gasteiger partial charge in [0.1, 0.15) is 0 Å². The topological polar surface area (TPSA) is 52.2 Å². The van der Waals surface area contributed by atoms with Gasteiger partial charge in [0.05, 0.1) is 10.7 Å². The lowest BCUT2D eigenvalue weighted by molar-refractivity contribution is 0.542. The standard InChI is InChI=1S/C6H5Cl2NO2S/c7-4-1-2-6(5(8)3-4)9-12(10)11/h1-3,9H,(H,10,11)/p-1. The maximum atomic E-state index is 10.2. The molecule has 12 heavy (non-hydrogen) atoms. The Morgan fingerprint density at radius 2 is 2.08 bits per heavy atom. The summed E-state index contributed by atoms with van der Waals surface area (Å²) in [7, 11) is 0. The molecule has 1 N–H and O–H groups in total. The molecule has 1 aromatic carbocycles. The van der Waals surface area contributed by atoms with Gasteiger partial charge in [-0.05, 0) is 18.2 Å². The molecule has 0 radical (unpaired) electrons. The predicted octanol–water partition coefficient (Wildman–Crippen LogP) is 2.20. The second-order valence-electron chi connectivity index (χ2n) is 1.96. The van der Waals surface area contributed by atoms with Gasteiger partial charge in [-0.3, -0.25) is 4.21 Å². The summed E-state index contributed by atoms with van der Waals surface area (Å²) >= 11 is 8.88. The molecule has 0 fully saturated rings. The molecule has 1 atom stereocenters.